The van der Waals surface area contributed by atoms with Gasteiger partial charge in [-0.25, -0.2) is 4.79 Å². The fraction of sp³-hybridized carbons (Fsp3) is 0.429. The molecule has 0 radical (unpaired) electrons. The molecule has 2 amide bonds. The van der Waals surface area contributed by atoms with Crippen molar-refractivity contribution in [2.45, 2.75) is 31.4 Å². The lowest BCUT2D eigenvalue weighted by atomic mass is 10.0. The second kappa shape index (κ2) is 8.65. The Morgan fingerprint density at radius 2 is 1.93 bits per heavy atom. The second-order valence-electron chi connectivity index (χ2n) is 7.15. The van der Waals surface area contributed by atoms with Gasteiger partial charge in [0.25, 0.3) is 0 Å². The van der Waals surface area contributed by atoms with Gasteiger partial charge in [0, 0.05) is 24.0 Å². The van der Waals surface area contributed by atoms with Gasteiger partial charge in [0.15, 0.2) is 6.10 Å². The van der Waals surface area contributed by atoms with E-state index < -0.39 is 0 Å². The number of ether oxygens (including phenoxy) is 2. The number of carbonyl (C=O) groups excluding carboxylic acids is 2. The van der Waals surface area contributed by atoms with E-state index in [1.807, 2.05) is 52.7 Å². The van der Waals surface area contributed by atoms with Gasteiger partial charge in [-0.05, 0) is 36.4 Å². The zero-order valence-electron chi connectivity index (χ0n) is 15.7. The van der Waals surface area contributed by atoms with Gasteiger partial charge in [0.2, 0.25) is 5.91 Å². The Balaban J connectivity index is 1.24. The third-order valence-corrected chi connectivity index (χ3v) is 6.12. The lowest BCUT2D eigenvalue weighted by Gasteiger charge is -2.35. The third-order valence-electron chi connectivity index (χ3n) is 5.24. The van der Waals surface area contributed by atoms with Crippen LogP contribution in [-0.2, 0) is 16.0 Å². The van der Waals surface area contributed by atoms with Crippen LogP contribution in [0.25, 0.3) is 0 Å². The topological polar surface area (TPSA) is 59.1 Å². The number of para-hydroxylation sites is 1. The number of amides is 2. The first-order valence-corrected chi connectivity index (χ1v) is 10.5. The predicted molar refractivity (Wildman–Crippen MR) is 107 cm³/mol. The molecule has 1 unspecified atom stereocenters. The summed E-state index contributed by atoms with van der Waals surface area (Å²) in [5.74, 6) is 0.939. The molecule has 3 heterocycles. The number of thiophene rings is 1. The molecule has 2 aliphatic heterocycles. The molecule has 0 N–H and O–H groups in total. The van der Waals surface area contributed by atoms with E-state index in [0.29, 0.717) is 32.7 Å². The predicted octanol–water partition coefficient (Wildman–Crippen LogP) is 3.18. The summed E-state index contributed by atoms with van der Waals surface area (Å²) >= 11 is 1.61. The van der Waals surface area contributed by atoms with Crippen LogP contribution in [0.15, 0.2) is 47.8 Å². The van der Waals surface area contributed by atoms with E-state index in [-0.39, 0.29) is 24.1 Å². The molecule has 4 rings (SSSR count). The highest BCUT2D eigenvalue weighted by Crippen LogP contribution is 2.24. The fourth-order valence-corrected chi connectivity index (χ4v) is 4.43. The summed E-state index contributed by atoms with van der Waals surface area (Å²) in [4.78, 5) is 29.5. The fourth-order valence-electron chi connectivity index (χ4n) is 3.73. The molecule has 2 saturated heterocycles. The number of benzene rings is 1. The molecule has 2 aliphatic rings. The molecule has 0 spiro atoms. The first-order chi connectivity index (χ1) is 13.7. The lowest BCUT2D eigenvalue weighted by molar-refractivity contribution is -0.131. The van der Waals surface area contributed by atoms with Gasteiger partial charge in [-0.2, -0.15) is 0 Å². The summed E-state index contributed by atoms with van der Waals surface area (Å²) < 4.78 is 11.2. The van der Waals surface area contributed by atoms with Crippen molar-refractivity contribution >= 4 is 23.3 Å². The quantitative estimate of drug-likeness (QED) is 0.747. The second-order valence-corrected chi connectivity index (χ2v) is 8.18. The standard InChI is InChI=1S/C21H24N2O4S/c24-20(13-19-7-4-12-28-19)22-10-8-16(9-11-22)23-14-18(27-21(23)25)15-26-17-5-2-1-3-6-17/h1-7,12,16,18H,8-11,13-15H2. The molecule has 7 heteroatoms. The van der Waals surface area contributed by atoms with Crippen LogP contribution in [0.5, 0.6) is 5.75 Å². The monoisotopic (exact) mass is 400 g/mol. The molecule has 0 aliphatic carbocycles. The van der Waals surface area contributed by atoms with E-state index in [1.165, 1.54) is 0 Å². The van der Waals surface area contributed by atoms with Crippen molar-refractivity contribution in [1.29, 1.82) is 0 Å². The smallest absolute Gasteiger partial charge is 0.410 e. The minimum Gasteiger partial charge on any atom is -0.490 e. The SMILES string of the molecule is O=C(Cc1cccs1)N1CCC(N2CC(COc3ccccc3)OC2=O)CC1. The number of rotatable bonds is 6. The normalized spacial score (nSPS) is 20.3. The zero-order valence-corrected chi connectivity index (χ0v) is 16.5. The first kappa shape index (κ1) is 18.8. The van der Waals surface area contributed by atoms with E-state index in [9.17, 15) is 9.59 Å². The summed E-state index contributed by atoms with van der Waals surface area (Å²) in [5.41, 5.74) is 0. The van der Waals surface area contributed by atoms with E-state index in [2.05, 4.69) is 0 Å². The van der Waals surface area contributed by atoms with Crippen molar-refractivity contribution in [3.05, 3.63) is 52.7 Å². The van der Waals surface area contributed by atoms with Gasteiger partial charge in [-0.15, -0.1) is 11.3 Å². The molecule has 148 valence electrons. The van der Waals surface area contributed by atoms with E-state index in [1.54, 1.807) is 16.2 Å². The van der Waals surface area contributed by atoms with E-state index in [0.717, 1.165) is 23.5 Å². The molecule has 0 saturated carbocycles. The maximum absolute atomic E-state index is 12.4. The van der Waals surface area contributed by atoms with Crippen LogP contribution in [0, 0.1) is 0 Å². The van der Waals surface area contributed by atoms with Gasteiger partial charge in [0.05, 0.1) is 13.0 Å². The largest absolute Gasteiger partial charge is 0.490 e. The van der Waals surface area contributed by atoms with Crippen LogP contribution in [0.1, 0.15) is 17.7 Å². The molecule has 1 atom stereocenters. The summed E-state index contributed by atoms with van der Waals surface area (Å²) in [7, 11) is 0. The maximum Gasteiger partial charge on any atom is 0.410 e. The number of hydrogen-bond donors (Lipinski definition) is 0. The van der Waals surface area contributed by atoms with Gasteiger partial charge in [0.1, 0.15) is 12.4 Å². The number of nitrogens with zero attached hydrogens (tertiary/aromatic N) is 2. The lowest BCUT2D eigenvalue weighted by Crippen LogP contribution is -2.47. The molecule has 2 fully saturated rings. The van der Waals surface area contributed by atoms with Crippen LogP contribution >= 0.6 is 11.3 Å². The number of hydrogen-bond acceptors (Lipinski definition) is 5. The third kappa shape index (κ3) is 4.47. The summed E-state index contributed by atoms with van der Waals surface area (Å²) in [6.45, 7) is 2.26. The average molecular weight is 401 g/mol. The Morgan fingerprint density at radius 3 is 2.64 bits per heavy atom. The molecule has 2 aromatic rings. The number of likely N-dealkylation sites (tertiary alicyclic amines) is 1. The Kier molecular flexibility index (Phi) is 5.81. The van der Waals surface area contributed by atoms with Gasteiger partial charge < -0.3 is 19.3 Å². The molecular formula is C21H24N2O4S. The minimum absolute atomic E-state index is 0.125. The van der Waals surface area contributed by atoms with Crippen molar-refractivity contribution in [3.63, 3.8) is 0 Å². The van der Waals surface area contributed by atoms with Crippen LogP contribution in [0.2, 0.25) is 0 Å². The summed E-state index contributed by atoms with van der Waals surface area (Å²) in [6.07, 6.45) is 1.51. The molecule has 6 nitrogen and oxygen atoms in total. The maximum atomic E-state index is 12.4. The van der Waals surface area contributed by atoms with Crippen molar-refractivity contribution in [3.8, 4) is 5.75 Å². The molecule has 1 aromatic heterocycles. The Hall–Kier alpha value is -2.54. The Morgan fingerprint density at radius 1 is 1.14 bits per heavy atom. The number of cyclic esters (lactones) is 1. The van der Waals surface area contributed by atoms with Crippen LogP contribution < -0.4 is 4.74 Å². The summed E-state index contributed by atoms with van der Waals surface area (Å²) in [6, 6.07) is 13.6. The Bertz CT molecular complexity index is 788. The number of carbonyl (C=O) groups is 2. The van der Waals surface area contributed by atoms with E-state index >= 15 is 0 Å². The minimum atomic E-state index is -0.273. The highest BCUT2D eigenvalue weighted by molar-refractivity contribution is 7.10. The van der Waals surface area contributed by atoms with Gasteiger partial charge >= 0.3 is 6.09 Å². The highest BCUT2D eigenvalue weighted by atomic mass is 32.1. The molecule has 28 heavy (non-hydrogen) atoms. The first-order valence-electron chi connectivity index (χ1n) is 9.64. The van der Waals surface area contributed by atoms with Crippen LogP contribution in [-0.4, -0.2) is 60.2 Å². The van der Waals surface area contributed by atoms with Gasteiger partial charge in [-0.3, -0.25) is 4.79 Å². The van der Waals surface area contributed by atoms with Crippen LogP contribution in [0.3, 0.4) is 0 Å². The highest BCUT2D eigenvalue weighted by Gasteiger charge is 2.38. The Labute approximate surface area is 168 Å². The molecule has 1 aromatic carbocycles. The van der Waals surface area contributed by atoms with E-state index in [4.69, 9.17) is 9.47 Å². The summed E-state index contributed by atoms with van der Waals surface area (Å²) in [5, 5.41) is 1.99. The van der Waals surface area contributed by atoms with Crippen molar-refractivity contribution < 1.29 is 19.1 Å². The van der Waals surface area contributed by atoms with Crippen LogP contribution in [0.4, 0.5) is 4.79 Å². The molecular weight excluding hydrogens is 376 g/mol. The molecule has 0 bridgehead atoms. The van der Waals surface area contributed by atoms with Gasteiger partial charge in [-0.1, -0.05) is 24.3 Å². The number of piperidine rings is 1. The zero-order chi connectivity index (χ0) is 19.3. The van der Waals surface area contributed by atoms with Crippen molar-refractivity contribution in [1.82, 2.24) is 9.80 Å². The average Bonchev–Trinajstić information content (AvgIpc) is 3.37. The van der Waals surface area contributed by atoms with Crippen molar-refractivity contribution in [2.24, 2.45) is 0 Å². The van der Waals surface area contributed by atoms with Crippen molar-refractivity contribution in [2.75, 3.05) is 26.2 Å².